The Labute approximate surface area is 75.1 Å². The summed E-state index contributed by atoms with van der Waals surface area (Å²) in [6.07, 6.45) is -0.243. The molecule has 0 aromatic carbocycles. The van der Waals surface area contributed by atoms with E-state index in [9.17, 15) is 4.21 Å². The zero-order valence-electron chi connectivity index (χ0n) is 7.48. The Kier molecular flexibility index (Phi) is 3.64. The summed E-state index contributed by atoms with van der Waals surface area (Å²) < 4.78 is 25.8. The van der Waals surface area contributed by atoms with Gasteiger partial charge in [-0.3, -0.25) is 8.37 Å². The van der Waals surface area contributed by atoms with E-state index in [4.69, 9.17) is 13.1 Å². The maximum atomic E-state index is 10.9. The van der Waals surface area contributed by atoms with E-state index in [1.54, 1.807) is 7.11 Å². The SMILES string of the molecule is COC1COS(=O)OC1C(C)C. The standard InChI is InChI=1S/C7H14O4S/c1-5(2)7-6(9-3)4-10-12(8)11-7/h5-7H,4H2,1-3H3. The van der Waals surface area contributed by atoms with Gasteiger partial charge in [0.15, 0.2) is 0 Å². The van der Waals surface area contributed by atoms with Crippen molar-refractivity contribution < 1.29 is 17.3 Å². The fourth-order valence-corrected chi connectivity index (χ4v) is 1.97. The molecular formula is C7H14O4S. The summed E-state index contributed by atoms with van der Waals surface area (Å²) in [5.74, 6) is 0.280. The van der Waals surface area contributed by atoms with Crippen LogP contribution in [-0.2, 0) is 24.5 Å². The average molecular weight is 194 g/mol. The molecule has 0 saturated carbocycles. The van der Waals surface area contributed by atoms with Crippen LogP contribution in [-0.4, -0.2) is 30.1 Å². The Morgan fingerprint density at radius 1 is 1.58 bits per heavy atom. The molecule has 0 aromatic rings. The van der Waals surface area contributed by atoms with Crippen LogP contribution in [0.2, 0.25) is 0 Å². The molecule has 0 radical (unpaired) electrons. The molecule has 0 amide bonds. The van der Waals surface area contributed by atoms with Gasteiger partial charge in [-0.2, -0.15) is 4.21 Å². The highest BCUT2D eigenvalue weighted by Gasteiger charge is 2.33. The normalized spacial score (nSPS) is 37.2. The van der Waals surface area contributed by atoms with Crippen molar-refractivity contribution in [2.75, 3.05) is 13.7 Å². The summed E-state index contributed by atoms with van der Waals surface area (Å²) in [6, 6.07) is 0. The predicted molar refractivity (Wildman–Crippen MR) is 44.6 cm³/mol. The number of hydrogen-bond acceptors (Lipinski definition) is 4. The molecule has 1 heterocycles. The molecule has 12 heavy (non-hydrogen) atoms. The number of rotatable bonds is 2. The molecule has 1 fully saturated rings. The van der Waals surface area contributed by atoms with Gasteiger partial charge in [0.05, 0.1) is 6.61 Å². The van der Waals surface area contributed by atoms with Gasteiger partial charge < -0.3 is 4.74 Å². The lowest BCUT2D eigenvalue weighted by molar-refractivity contribution is -0.0651. The molecule has 72 valence electrons. The molecule has 3 unspecified atom stereocenters. The molecule has 1 rings (SSSR count). The van der Waals surface area contributed by atoms with Crippen molar-refractivity contribution in [2.24, 2.45) is 5.92 Å². The minimum Gasteiger partial charge on any atom is -0.376 e. The average Bonchev–Trinajstić information content (AvgIpc) is 2.04. The number of hydrogen-bond donors (Lipinski definition) is 0. The Bertz CT molecular complexity index is 171. The van der Waals surface area contributed by atoms with Crippen molar-refractivity contribution in [3.63, 3.8) is 0 Å². The highest BCUT2D eigenvalue weighted by Crippen LogP contribution is 2.20. The molecule has 0 aromatic heterocycles. The first-order chi connectivity index (χ1) is 5.65. The van der Waals surface area contributed by atoms with Gasteiger partial charge in [0.2, 0.25) is 0 Å². The van der Waals surface area contributed by atoms with E-state index in [-0.39, 0.29) is 18.1 Å². The van der Waals surface area contributed by atoms with E-state index in [1.807, 2.05) is 13.8 Å². The maximum Gasteiger partial charge on any atom is 0.305 e. The van der Waals surface area contributed by atoms with Crippen molar-refractivity contribution in [1.29, 1.82) is 0 Å². The van der Waals surface area contributed by atoms with E-state index in [0.717, 1.165) is 0 Å². The molecule has 0 spiro atoms. The summed E-state index contributed by atoms with van der Waals surface area (Å²) in [6.45, 7) is 4.34. The van der Waals surface area contributed by atoms with Crippen LogP contribution in [0.5, 0.6) is 0 Å². The lowest BCUT2D eigenvalue weighted by Gasteiger charge is -2.31. The second kappa shape index (κ2) is 4.32. The molecule has 4 nitrogen and oxygen atoms in total. The van der Waals surface area contributed by atoms with Gasteiger partial charge in [0.25, 0.3) is 0 Å². The predicted octanol–water partition coefficient (Wildman–Crippen LogP) is 0.651. The van der Waals surface area contributed by atoms with Crippen LogP contribution in [0.15, 0.2) is 0 Å². The molecule has 0 bridgehead atoms. The third kappa shape index (κ3) is 2.26. The highest BCUT2D eigenvalue weighted by atomic mass is 32.2. The van der Waals surface area contributed by atoms with Crippen molar-refractivity contribution in [3.8, 4) is 0 Å². The molecule has 1 saturated heterocycles. The van der Waals surface area contributed by atoms with Crippen molar-refractivity contribution in [2.45, 2.75) is 26.1 Å². The first-order valence-electron chi connectivity index (χ1n) is 3.90. The lowest BCUT2D eigenvalue weighted by atomic mass is 10.0. The molecule has 1 aliphatic rings. The van der Waals surface area contributed by atoms with E-state index in [2.05, 4.69) is 0 Å². The quantitative estimate of drug-likeness (QED) is 0.647. The first-order valence-corrected chi connectivity index (χ1v) is 4.90. The summed E-state index contributed by atoms with van der Waals surface area (Å²) in [4.78, 5) is 0. The van der Waals surface area contributed by atoms with E-state index in [0.29, 0.717) is 6.61 Å². The maximum absolute atomic E-state index is 10.9. The van der Waals surface area contributed by atoms with Crippen LogP contribution in [0.1, 0.15) is 13.8 Å². The minimum atomic E-state index is -1.59. The topological polar surface area (TPSA) is 44.8 Å². The second-order valence-corrected chi connectivity index (χ2v) is 3.90. The molecule has 5 heteroatoms. The van der Waals surface area contributed by atoms with Gasteiger partial charge >= 0.3 is 11.4 Å². The van der Waals surface area contributed by atoms with Crippen molar-refractivity contribution in [1.82, 2.24) is 0 Å². The Morgan fingerprint density at radius 2 is 2.25 bits per heavy atom. The van der Waals surface area contributed by atoms with Crippen LogP contribution in [0.3, 0.4) is 0 Å². The van der Waals surface area contributed by atoms with Gasteiger partial charge in [0, 0.05) is 7.11 Å². The van der Waals surface area contributed by atoms with Gasteiger partial charge in [-0.25, -0.2) is 0 Å². The summed E-state index contributed by atoms with van der Waals surface area (Å²) in [5, 5.41) is 0. The van der Waals surface area contributed by atoms with E-state index < -0.39 is 11.4 Å². The molecular weight excluding hydrogens is 180 g/mol. The molecule has 0 aliphatic carbocycles. The minimum absolute atomic E-state index is 0.109. The third-order valence-electron chi connectivity index (χ3n) is 1.84. The Hall–Kier alpha value is 0.0300. The van der Waals surface area contributed by atoms with Crippen molar-refractivity contribution >= 4 is 11.4 Å². The van der Waals surface area contributed by atoms with Crippen LogP contribution < -0.4 is 0 Å². The monoisotopic (exact) mass is 194 g/mol. The number of methoxy groups -OCH3 is 1. The molecule has 0 N–H and O–H groups in total. The summed E-state index contributed by atoms with van der Waals surface area (Å²) in [5.41, 5.74) is 0. The summed E-state index contributed by atoms with van der Waals surface area (Å²) in [7, 11) is 1.60. The Morgan fingerprint density at radius 3 is 2.75 bits per heavy atom. The molecule has 1 aliphatic heterocycles. The van der Waals surface area contributed by atoms with Crippen LogP contribution >= 0.6 is 0 Å². The fraction of sp³-hybridized carbons (Fsp3) is 1.00. The van der Waals surface area contributed by atoms with Crippen LogP contribution in [0.4, 0.5) is 0 Å². The Balaban J connectivity index is 2.57. The highest BCUT2D eigenvalue weighted by molar-refractivity contribution is 7.75. The van der Waals surface area contributed by atoms with E-state index in [1.165, 1.54) is 0 Å². The largest absolute Gasteiger partial charge is 0.376 e. The van der Waals surface area contributed by atoms with Gasteiger partial charge in [-0.15, -0.1) is 0 Å². The van der Waals surface area contributed by atoms with Crippen molar-refractivity contribution in [3.05, 3.63) is 0 Å². The van der Waals surface area contributed by atoms with Gasteiger partial charge in [-0.05, 0) is 5.92 Å². The molecule has 3 atom stereocenters. The van der Waals surface area contributed by atoms with Gasteiger partial charge in [-0.1, -0.05) is 13.8 Å². The van der Waals surface area contributed by atoms with E-state index >= 15 is 0 Å². The first kappa shape index (κ1) is 10.1. The summed E-state index contributed by atoms with van der Waals surface area (Å²) >= 11 is -1.59. The number of ether oxygens (including phenoxy) is 1. The van der Waals surface area contributed by atoms with Crippen LogP contribution in [0, 0.1) is 5.92 Å². The van der Waals surface area contributed by atoms with Gasteiger partial charge in [0.1, 0.15) is 12.2 Å². The second-order valence-electron chi connectivity index (χ2n) is 3.07. The van der Waals surface area contributed by atoms with Crippen LogP contribution in [0.25, 0.3) is 0 Å². The fourth-order valence-electron chi connectivity index (χ4n) is 1.14. The zero-order chi connectivity index (χ0) is 9.14. The zero-order valence-corrected chi connectivity index (χ0v) is 8.30. The smallest absolute Gasteiger partial charge is 0.305 e. The lowest BCUT2D eigenvalue weighted by Crippen LogP contribution is -2.43. The third-order valence-corrected chi connectivity index (χ3v) is 2.55.